The number of hydrogen-bond acceptors (Lipinski definition) is 3. The number of hydrogen-bond donors (Lipinski definition) is 2. The van der Waals surface area contributed by atoms with E-state index in [1.54, 1.807) is 12.1 Å². The second kappa shape index (κ2) is 9.43. The molecule has 2 amide bonds. The highest BCUT2D eigenvalue weighted by Crippen LogP contribution is 2.33. The molecule has 158 valence electrons. The number of para-hydroxylation sites is 1. The van der Waals surface area contributed by atoms with Gasteiger partial charge in [0, 0.05) is 12.1 Å². The van der Waals surface area contributed by atoms with E-state index in [-0.39, 0.29) is 30.4 Å². The molecule has 2 aromatic rings. The molecule has 0 heterocycles. The van der Waals surface area contributed by atoms with E-state index in [1.807, 2.05) is 19.2 Å². The molecule has 0 unspecified atom stereocenters. The first-order valence-corrected chi connectivity index (χ1v) is 11.1. The number of carbonyl (C=O) groups is 2. The maximum Gasteiger partial charge on any atom is 0.253 e. The second-order valence-corrected chi connectivity index (χ2v) is 8.57. The van der Waals surface area contributed by atoms with Gasteiger partial charge in [-0.1, -0.05) is 49.2 Å². The first kappa shape index (κ1) is 20.6. The van der Waals surface area contributed by atoms with E-state index in [2.05, 4.69) is 39.8 Å². The fraction of sp³-hybridized carbons (Fsp3) is 0.440. The van der Waals surface area contributed by atoms with Crippen LogP contribution in [0.15, 0.2) is 48.5 Å². The zero-order valence-corrected chi connectivity index (χ0v) is 17.7. The van der Waals surface area contributed by atoms with Gasteiger partial charge in [-0.25, -0.2) is 0 Å². The van der Waals surface area contributed by atoms with Gasteiger partial charge in [-0.2, -0.15) is 0 Å². The molecule has 2 aliphatic carbocycles. The Morgan fingerprint density at radius 3 is 2.53 bits per heavy atom. The van der Waals surface area contributed by atoms with Crippen LogP contribution in [0.3, 0.4) is 0 Å². The van der Waals surface area contributed by atoms with Crippen molar-refractivity contribution >= 4 is 17.5 Å². The molecule has 0 saturated heterocycles. The largest absolute Gasteiger partial charge is 0.349 e. The molecule has 0 radical (unpaired) electrons. The maximum atomic E-state index is 12.8. The summed E-state index contributed by atoms with van der Waals surface area (Å²) >= 11 is 0. The molecule has 1 atom stereocenters. The highest BCUT2D eigenvalue weighted by Gasteiger charge is 2.25. The number of benzene rings is 2. The minimum Gasteiger partial charge on any atom is -0.349 e. The van der Waals surface area contributed by atoms with Crippen LogP contribution in [0.25, 0.3) is 0 Å². The number of likely N-dealkylation sites (N-methyl/N-ethyl adjacent to an activating group) is 1. The Balaban J connectivity index is 1.40. The molecule has 2 N–H and O–H groups in total. The number of nitrogens with one attached hydrogen (secondary N) is 2. The van der Waals surface area contributed by atoms with Crippen molar-refractivity contribution in [3.8, 4) is 0 Å². The summed E-state index contributed by atoms with van der Waals surface area (Å²) in [7, 11) is 2.01. The molecule has 0 bridgehead atoms. The Bertz CT molecular complexity index is 905. The lowest BCUT2D eigenvalue weighted by Gasteiger charge is -2.33. The van der Waals surface area contributed by atoms with Crippen LogP contribution in [-0.4, -0.2) is 36.3 Å². The fourth-order valence-corrected chi connectivity index (χ4v) is 4.84. The van der Waals surface area contributed by atoms with Gasteiger partial charge in [0.1, 0.15) is 0 Å². The molecule has 1 fully saturated rings. The van der Waals surface area contributed by atoms with E-state index in [0.717, 1.165) is 32.1 Å². The van der Waals surface area contributed by atoms with Crippen LogP contribution in [-0.2, 0) is 11.2 Å². The van der Waals surface area contributed by atoms with Gasteiger partial charge in [-0.3, -0.25) is 14.5 Å². The second-order valence-electron chi connectivity index (χ2n) is 8.57. The van der Waals surface area contributed by atoms with E-state index >= 15 is 0 Å². The third-order valence-corrected chi connectivity index (χ3v) is 6.40. The van der Waals surface area contributed by atoms with Gasteiger partial charge in [0.25, 0.3) is 5.91 Å². The number of anilines is 1. The standard InChI is InChI=1S/C25H31N3O2/c1-28(23-16-8-10-18-9-2-5-13-20(18)23)17-24(29)27-22-15-7-6-14-21(22)25(30)26-19-11-3-4-12-19/h2,5-7,9,13-15,19,23H,3-4,8,10-12,16-17H2,1H3,(H,26,30)(H,27,29)/t23-/m0/s1. The number of amides is 2. The molecule has 30 heavy (non-hydrogen) atoms. The van der Waals surface area contributed by atoms with Crippen molar-refractivity contribution in [3.05, 3.63) is 65.2 Å². The zero-order valence-electron chi connectivity index (χ0n) is 17.7. The summed E-state index contributed by atoms with van der Waals surface area (Å²) in [5.41, 5.74) is 3.82. The quantitative estimate of drug-likeness (QED) is 0.753. The van der Waals surface area contributed by atoms with Crippen LogP contribution >= 0.6 is 0 Å². The lowest BCUT2D eigenvalue weighted by atomic mass is 9.87. The Morgan fingerprint density at radius 1 is 0.967 bits per heavy atom. The van der Waals surface area contributed by atoms with Crippen LogP contribution in [0.1, 0.15) is 66.1 Å². The van der Waals surface area contributed by atoms with Crippen LogP contribution in [0.5, 0.6) is 0 Å². The molecule has 1 saturated carbocycles. The van der Waals surface area contributed by atoms with Gasteiger partial charge in [0.05, 0.1) is 17.8 Å². The van der Waals surface area contributed by atoms with Crippen molar-refractivity contribution in [3.63, 3.8) is 0 Å². The molecular formula is C25H31N3O2. The average Bonchev–Trinajstić information content (AvgIpc) is 3.26. The molecular weight excluding hydrogens is 374 g/mol. The molecule has 0 spiro atoms. The third-order valence-electron chi connectivity index (χ3n) is 6.40. The summed E-state index contributed by atoms with van der Waals surface area (Å²) < 4.78 is 0. The van der Waals surface area contributed by atoms with Gasteiger partial charge < -0.3 is 10.6 Å². The normalized spacial score (nSPS) is 18.8. The molecule has 5 nitrogen and oxygen atoms in total. The topological polar surface area (TPSA) is 61.4 Å². The number of fused-ring (bicyclic) bond motifs is 1. The average molecular weight is 406 g/mol. The summed E-state index contributed by atoms with van der Waals surface area (Å²) in [6.45, 7) is 0.289. The van der Waals surface area contributed by atoms with Gasteiger partial charge in [-0.15, -0.1) is 0 Å². The number of rotatable bonds is 6. The van der Waals surface area contributed by atoms with Crippen LogP contribution < -0.4 is 10.6 Å². The first-order valence-electron chi connectivity index (χ1n) is 11.1. The van der Waals surface area contributed by atoms with Gasteiger partial charge in [0.2, 0.25) is 5.91 Å². The van der Waals surface area contributed by atoms with Crippen molar-refractivity contribution in [2.75, 3.05) is 18.9 Å². The Hall–Kier alpha value is -2.66. The minimum atomic E-state index is -0.104. The zero-order chi connectivity index (χ0) is 20.9. The SMILES string of the molecule is CN(CC(=O)Nc1ccccc1C(=O)NC1CCCC1)[C@H]1CCCc2ccccc21. The van der Waals surface area contributed by atoms with E-state index in [1.165, 1.54) is 24.0 Å². The molecule has 2 aromatic carbocycles. The van der Waals surface area contributed by atoms with Crippen LogP contribution in [0.2, 0.25) is 0 Å². The monoisotopic (exact) mass is 405 g/mol. The Kier molecular flexibility index (Phi) is 6.48. The highest BCUT2D eigenvalue weighted by molar-refractivity contribution is 6.04. The summed E-state index contributed by atoms with van der Waals surface area (Å²) in [5.74, 6) is -0.200. The lowest BCUT2D eigenvalue weighted by Crippen LogP contribution is -2.36. The van der Waals surface area contributed by atoms with E-state index in [9.17, 15) is 9.59 Å². The smallest absolute Gasteiger partial charge is 0.253 e. The number of carbonyl (C=O) groups excluding carboxylic acids is 2. The molecule has 5 heteroatoms. The van der Waals surface area contributed by atoms with Gasteiger partial charge >= 0.3 is 0 Å². The Labute approximate surface area is 178 Å². The minimum absolute atomic E-state index is 0.0957. The predicted molar refractivity (Wildman–Crippen MR) is 120 cm³/mol. The van der Waals surface area contributed by atoms with Crippen LogP contribution in [0.4, 0.5) is 5.69 Å². The summed E-state index contributed by atoms with van der Waals surface area (Å²) in [5, 5.41) is 6.08. The van der Waals surface area contributed by atoms with Crippen molar-refractivity contribution < 1.29 is 9.59 Å². The van der Waals surface area contributed by atoms with Crippen molar-refractivity contribution in [1.29, 1.82) is 0 Å². The third kappa shape index (κ3) is 4.73. The van der Waals surface area contributed by atoms with Crippen molar-refractivity contribution in [2.24, 2.45) is 0 Å². The van der Waals surface area contributed by atoms with E-state index < -0.39 is 0 Å². The summed E-state index contributed by atoms with van der Waals surface area (Å²) in [6, 6.07) is 16.3. The van der Waals surface area contributed by atoms with E-state index in [0.29, 0.717) is 11.3 Å². The summed E-state index contributed by atoms with van der Waals surface area (Å²) in [6.07, 6.45) is 7.71. The lowest BCUT2D eigenvalue weighted by molar-refractivity contribution is -0.117. The summed E-state index contributed by atoms with van der Waals surface area (Å²) in [4.78, 5) is 27.7. The fourth-order valence-electron chi connectivity index (χ4n) is 4.84. The molecule has 2 aliphatic rings. The van der Waals surface area contributed by atoms with Crippen molar-refractivity contribution in [1.82, 2.24) is 10.2 Å². The highest BCUT2D eigenvalue weighted by atomic mass is 16.2. The molecule has 0 aliphatic heterocycles. The number of aryl methyl sites for hydroxylation is 1. The first-order chi connectivity index (χ1) is 14.6. The Morgan fingerprint density at radius 2 is 1.70 bits per heavy atom. The van der Waals surface area contributed by atoms with E-state index in [4.69, 9.17) is 0 Å². The van der Waals surface area contributed by atoms with Crippen LogP contribution in [0, 0.1) is 0 Å². The maximum absolute atomic E-state index is 12.8. The van der Waals surface area contributed by atoms with Gasteiger partial charge in [-0.05, 0) is 62.4 Å². The molecule has 4 rings (SSSR count). The van der Waals surface area contributed by atoms with Crippen molar-refractivity contribution in [2.45, 2.75) is 57.0 Å². The number of nitrogens with zero attached hydrogens (tertiary/aromatic N) is 1. The predicted octanol–water partition coefficient (Wildman–Crippen LogP) is 4.31. The van der Waals surface area contributed by atoms with Gasteiger partial charge in [0.15, 0.2) is 0 Å². The molecule has 0 aromatic heterocycles.